The maximum Gasteiger partial charge on any atom is 0.407 e. The fraction of sp³-hybridized carbons (Fsp3) is 0.393. The number of ether oxygens (including phenoxy) is 1. The van der Waals surface area contributed by atoms with Crippen molar-refractivity contribution in [3.05, 3.63) is 64.7 Å². The van der Waals surface area contributed by atoms with Crippen LogP contribution < -0.4 is 16.0 Å². The molecule has 0 unspecified atom stereocenters. The van der Waals surface area contributed by atoms with Gasteiger partial charge in [-0.3, -0.25) is 24.1 Å². The second-order valence-electron chi connectivity index (χ2n) is 10.5. The van der Waals surface area contributed by atoms with E-state index in [1.54, 1.807) is 45.0 Å². The Morgan fingerprint density at radius 2 is 1.66 bits per heavy atom. The van der Waals surface area contributed by atoms with Gasteiger partial charge in [0.05, 0.1) is 11.1 Å². The third-order valence-corrected chi connectivity index (χ3v) is 5.46. The first kappa shape index (κ1) is 28.4. The molecule has 1 aliphatic heterocycles. The molecule has 2 aromatic carbocycles. The van der Waals surface area contributed by atoms with Crippen LogP contribution in [0.1, 0.15) is 77.7 Å². The maximum absolute atomic E-state index is 12.8. The Morgan fingerprint density at radius 3 is 2.34 bits per heavy atom. The van der Waals surface area contributed by atoms with Crippen LogP contribution in [0.15, 0.2) is 42.5 Å². The highest BCUT2D eigenvalue weighted by Crippen LogP contribution is 2.25. The Bertz CT molecular complexity index is 1250. The van der Waals surface area contributed by atoms with Crippen molar-refractivity contribution in [2.24, 2.45) is 5.92 Å². The average molecular weight is 523 g/mol. The molecule has 0 atom stereocenters. The number of nitrogens with zero attached hydrogens (tertiary/aromatic N) is 1. The van der Waals surface area contributed by atoms with Crippen LogP contribution in [0.4, 0.5) is 10.5 Å². The maximum atomic E-state index is 12.8. The number of carbonyl (C=O) groups is 5. The number of fused-ring (bicyclic) bond motifs is 1. The van der Waals surface area contributed by atoms with Crippen molar-refractivity contribution >= 4 is 35.4 Å². The van der Waals surface area contributed by atoms with Crippen LogP contribution in [-0.4, -0.2) is 53.3 Å². The molecule has 0 spiro atoms. The molecule has 3 rings (SSSR count). The summed E-state index contributed by atoms with van der Waals surface area (Å²) < 4.78 is 5.13. The van der Waals surface area contributed by atoms with Gasteiger partial charge in [-0.25, -0.2) is 4.79 Å². The van der Waals surface area contributed by atoms with Crippen molar-refractivity contribution in [2.45, 2.75) is 53.2 Å². The summed E-state index contributed by atoms with van der Waals surface area (Å²) in [6.45, 7) is 9.74. The first-order valence-electron chi connectivity index (χ1n) is 12.5. The van der Waals surface area contributed by atoms with Gasteiger partial charge in [-0.2, -0.15) is 0 Å². The Hall–Kier alpha value is -4.21. The van der Waals surface area contributed by atoms with Crippen LogP contribution in [-0.2, 0) is 16.1 Å². The van der Waals surface area contributed by atoms with Crippen molar-refractivity contribution in [2.75, 3.05) is 18.4 Å². The number of hydrogen-bond donors (Lipinski definition) is 3. The molecule has 1 heterocycles. The van der Waals surface area contributed by atoms with E-state index >= 15 is 0 Å². The second kappa shape index (κ2) is 11.9. The van der Waals surface area contributed by atoms with Gasteiger partial charge in [0.2, 0.25) is 5.91 Å². The summed E-state index contributed by atoms with van der Waals surface area (Å²) in [7, 11) is 0. The van der Waals surface area contributed by atoms with Gasteiger partial charge in [0.15, 0.2) is 0 Å². The monoisotopic (exact) mass is 522 g/mol. The highest BCUT2D eigenvalue weighted by atomic mass is 16.6. The van der Waals surface area contributed by atoms with Crippen molar-refractivity contribution in [3.8, 4) is 0 Å². The predicted molar refractivity (Wildman–Crippen MR) is 142 cm³/mol. The summed E-state index contributed by atoms with van der Waals surface area (Å²) in [5.41, 5.74) is 1.49. The van der Waals surface area contributed by atoms with Gasteiger partial charge in [-0.15, -0.1) is 0 Å². The number of amides is 5. The van der Waals surface area contributed by atoms with E-state index in [4.69, 9.17) is 4.74 Å². The summed E-state index contributed by atoms with van der Waals surface area (Å²) in [5, 5.41) is 8.09. The lowest BCUT2D eigenvalue weighted by molar-refractivity contribution is -0.116. The summed E-state index contributed by atoms with van der Waals surface area (Å²) >= 11 is 0. The highest BCUT2D eigenvalue weighted by molar-refractivity contribution is 6.22. The second-order valence-corrected chi connectivity index (χ2v) is 10.5. The molecule has 3 N–H and O–H groups in total. The van der Waals surface area contributed by atoms with Crippen LogP contribution in [0.25, 0.3) is 0 Å². The number of hydrogen-bond acceptors (Lipinski definition) is 6. The first-order chi connectivity index (χ1) is 17.8. The first-order valence-corrected chi connectivity index (χ1v) is 12.5. The van der Waals surface area contributed by atoms with E-state index in [1.807, 2.05) is 13.8 Å². The molecule has 38 heavy (non-hydrogen) atoms. The van der Waals surface area contributed by atoms with Gasteiger partial charge in [0.25, 0.3) is 17.7 Å². The third kappa shape index (κ3) is 7.64. The van der Waals surface area contributed by atoms with E-state index in [0.717, 1.165) is 5.56 Å². The predicted octanol–water partition coefficient (Wildman–Crippen LogP) is 3.72. The zero-order valence-corrected chi connectivity index (χ0v) is 22.3. The molecule has 10 heteroatoms. The van der Waals surface area contributed by atoms with Crippen LogP contribution in [0.3, 0.4) is 0 Å². The minimum atomic E-state index is -0.617. The molecule has 0 saturated carbocycles. The average Bonchev–Trinajstić information content (AvgIpc) is 3.05. The minimum Gasteiger partial charge on any atom is -0.444 e. The molecule has 2 aromatic rings. The molecular weight excluding hydrogens is 488 g/mol. The minimum absolute atomic E-state index is 0.0638. The number of nitrogens with one attached hydrogen (secondary N) is 3. The molecule has 1 aliphatic rings. The SMILES string of the molecule is CC(C)CN1C(=O)c2ccc(C(=O)NCc3cccc(NC(=O)CCNC(=O)OC(C)(C)C)c3)cc2C1=O. The summed E-state index contributed by atoms with van der Waals surface area (Å²) in [6, 6.07) is 11.5. The lowest BCUT2D eigenvalue weighted by Gasteiger charge is -2.19. The fourth-order valence-electron chi connectivity index (χ4n) is 3.82. The summed E-state index contributed by atoms with van der Waals surface area (Å²) in [4.78, 5) is 63.1. The smallest absolute Gasteiger partial charge is 0.407 e. The fourth-order valence-corrected chi connectivity index (χ4v) is 3.82. The van der Waals surface area contributed by atoms with E-state index in [0.29, 0.717) is 17.8 Å². The van der Waals surface area contributed by atoms with E-state index in [2.05, 4.69) is 16.0 Å². The molecule has 0 radical (unpaired) electrons. The lowest BCUT2D eigenvalue weighted by Crippen LogP contribution is -2.34. The van der Waals surface area contributed by atoms with Gasteiger partial charge in [-0.1, -0.05) is 26.0 Å². The third-order valence-electron chi connectivity index (χ3n) is 5.46. The Morgan fingerprint density at radius 1 is 0.947 bits per heavy atom. The van der Waals surface area contributed by atoms with E-state index in [9.17, 15) is 24.0 Å². The quantitative estimate of drug-likeness (QED) is 0.430. The van der Waals surface area contributed by atoms with Gasteiger partial charge >= 0.3 is 6.09 Å². The standard InChI is InChI=1S/C28H34N4O6/c1-17(2)16-32-25(35)21-10-9-19(14-22(21)26(32)36)24(34)30-15-18-7-6-8-20(13-18)31-23(33)11-12-29-27(37)38-28(3,4)5/h6-10,13-14,17H,11-12,15-16H2,1-5H3,(H,29,37)(H,30,34)(H,31,33). The van der Waals surface area contributed by atoms with Gasteiger partial charge in [-0.05, 0) is 62.6 Å². The molecule has 0 bridgehead atoms. The van der Waals surface area contributed by atoms with Crippen LogP contribution in [0.2, 0.25) is 0 Å². The zero-order chi connectivity index (χ0) is 28.0. The molecule has 202 valence electrons. The van der Waals surface area contributed by atoms with Crippen molar-refractivity contribution in [3.63, 3.8) is 0 Å². The van der Waals surface area contributed by atoms with Gasteiger partial charge in [0, 0.05) is 37.3 Å². The molecular formula is C28H34N4O6. The van der Waals surface area contributed by atoms with E-state index in [1.165, 1.54) is 23.1 Å². The number of anilines is 1. The molecule has 0 aromatic heterocycles. The number of alkyl carbamates (subject to hydrolysis) is 1. The molecule has 0 aliphatic carbocycles. The number of carbonyl (C=O) groups excluding carboxylic acids is 5. The lowest BCUT2D eigenvalue weighted by atomic mass is 10.1. The summed E-state index contributed by atoms with van der Waals surface area (Å²) in [5.74, 6) is -1.28. The zero-order valence-electron chi connectivity index (χ0n) is 22.3. The van der Waals surface area contributed by atoms with Crippen LogP contribution >= 0.6 is 0 Å². The van der Waals surface area contributed by atoms with Crippen molar-refractivity contribution < 1.29 is 28.7 Å². The Labute approximate surface area is 222 Å². The normalized spacial score (nSPS) is 12.8. The van der Waals surface area contributed by atoms with Gasteiger partial charge in [0.1, 0.15) is 5.60 Å². The molecule has 10 nitrogen and oxygen atoms in total. The van der Waals surface area contributed by atoms with Crippen molar-refractivity contribution in [1.82, 2.24) is 15.5 Å². The highest BCUT2D eigenvalue weighted by Gasteiger charge is 2.36. The molecule has 5 amide bonds. The number of imide groups is 1. The Kier molecular flexibility index (Phi) is 8.88. The molecule has 0 saturated heterocycles. The number of benzene rings is 2. The summed E-state index contributed by atoms with van der Waals surface area (Å²) in [6.07, 6.45) is -0.524. The van der Waals surface area contributed by atoms with Crippen LogP contribution in [0, 0.1) is 5.92 Å². The van der Waals surface area contributed by atoms with Crippen LogP contribution in [0.5, 0.6) is 0 Å². The van der Waals surface area contributed by atoms with Crippen molar-refractivity contribution in [1.29, 1.82) is 0 Å². The van der Waals surface area contributed by atoms with E-state index < -0.39 is 23.5 Å². The Balaban J connectivity index is 1.53. The molecule has 0 fully saturated rings. The van der Waals surface area contributed by atoms with E-state index in [-0.39, 0.29) is 48.4 Å². The topological polar surface area (TPSA) is 134 Å². The largest absolute Gasteiger partial charge is 0.444 e. The number of rotatable bonds is 9. The van der Waals surface area contributed by atoms with Gasteiger partial charge < -0.3 is 20.7 Å².